The van der Waals surface area contributed by atoms with Crippen LogP contribution in [0.4, 0.5) is 0 Å². The highest BCUT2D eigenvalue weighted by Crippen LogP contribution is 2.52. The van der Waals surface area contributed by atoms with E-state index in [0.29, 0.717) is 13.1 Å². The van der Waals surface area contributed by atoms with Crippen LogP contribution in [0.1, 0.15) is 20.8 Å². The molecule has 144 valence electrons. The van der Waals surface area contributed by atoms with Gasteiger partial charge < -0.3 is 14.5 Å². The van der Waals surface area contributed by atoms with Crippen molar-refractivity contribution in [3.8, 4) is 0 Å². The molecule has 4 aliphatic rings. The molecule has 4 heterocycles. The third-order valence-corrected chi connectivity index (χ3v) is 7.39. The standard InChI is InChI=1S/C18H26N2O5S/c1-17(2,3)10-20-11-18-5-4-12(25-18)13(14(18)16(20)22)15(21)19-6-8-26(23,24)9-7-19/h4-5,12-14H,6-11H2,1-3H3/t12-,13+,14-,18-/m0/s1. The first-order valence-electron chi connectivity index (χ1n) is 9.17. The van der Waals surface area contributed by atoms with Crippen molar-refractivity contribution >= 4 is 21.7 Å². The number of ether oxygens (including phenoxy) is 1. The Kier molecular flexibility index (Phi) is 3.83. The van der Waals surface area contributed by atoms with Crippen LogP contribution >= 0.6 is 0 Å². The topological polar surface area (TPSA) is 84.0 Å². The number of carbonyl (C=O) groups excluding carboxylic acids is 2. The average Bonchev–Trinajstić information content (AvgIpc) is 3.14. The summed E-state index contributed by atoms with van der Waals surface area (Å²) in [5.74, 6) is -1.22. The summed E-state index contributed by atoms with van der Waals surface area (Å²) in [4.78, 5) is 29.6. The van der Waals surface area contributed by atoms with Crippen molar-refractivity contribution in [1.29, 1.82) is 0 Å². The third-order valence-electron chi connectivity index (χ3n) is 5.79. The molecule has 4 rings (SSSR count). The molecule has 0 saturated carbocycles. The summed E-state index contributed by atoms with van der Waals surface area (Å²) in [6.07, 6.45) is 3.47. The number of hydrogen-bond acceptors (Lipinski definition) is 5. The lowest BCUT2D eigenvalue weighted by Crippen LogP contribution is -2.50. The summed E-state index contributed by atoms with van der Waals surface area (Å²) in [6.45, 7) is 7.75. The van der Waals surface area contributed by atoms with Gasteiger partial charge in [0.25, 0.3) is 0 Å². The molecule has 0 aromatic rings. The van der Waals surface area contributed by atoms with E-state index in [1.54, 1.807) is 4.90 Å². The number of fused-ring (bicyclic) bond motifs is 1. The van der Waals surface area contributed by atoms with Crippen LogP contribution in [0.2, 0.25) is 0 Å². The summed E-state index contributed by atoms with van der Waals surface area (Å²) in [7, 11) is -3.06. The van der Waals surface area contributed by atoms with Crippen LogP contribution in [0.3, 0.4) is 0 Å². The number of sulfone groups is 1. The van der Waals surface area contributed by atoms with Gasteiger partial charge in [-0.15, -0.1) is 0 Å². The van der Waals surface area contributed by atoms with Gasteiger partial charge in [0.1, 0.15) is 5.60 Å². The summed E-state index contributed by atoms with van der Waals surface area (Å²) >= 11 is 0. The number of rotatable bonds is 2. The largest absolute Gasteiger partial charge is 0.360 e. The zero-order valence-electron chi connectivity index (χ0n) is 15.5. The quantitative estimate of drug-likeness (QED) is 0.631. The molecule has 8 heteroatoms. The van der Waals surface area contributed by atoms with E-state index < -0.39 is 27.3 Å². The van der Waals surface area contributed by atoms with Gasteiger partial charge >= 0.3 is 0 Å². The van der Waals surface area contributed by atoms with Crippen molar-refractivity contribution in [2.24, 2.45) is 17.3 Å². The highest BCUT2D eigenvalue weighted by Gasteiger charge is 2.67. The van der Waals surface area contributed by atoms with Gasteiger partial charge in [-0.1, -0.05) is 32.9 Å². The van der Waals surface area contributed by atoms with Crippen molar-refractivity contribution in [3.05, 3.63) is 12.2 Å². The Hall–Kier alpha value is -1.41. The average molecular weight is 382 g/mol. The van der Waals surface area contributed by atoms with E-state index in [2.05, 4.69) is 20.8 Å². The first-order chi connectivity index (χ1) is 12.0. The van der Waals surface area contributed by atoms with Crippen LogP contribution in [-0.4, -0.2) is 79.4 Å². The Morgan fingerprint density at radius 3 is 2.58 bits per heavy atom. The fourth-order valence-electron chi connectivity index (χ4n) is 4.71. The zero-order chi connectivity index (χ0) is 18.9. The molecule has 0 radical (unpaired) electrons. The Morgan fingerprint density at radius 2 is 1.96 bits per heavy atom. The van der Waals surface area contributed by atoms with Crippen molar-refractivity contribution < 1.29 is 22.7 Å². The molecule has 0 aromatic heterocycles. The number of likely N-dealkylation sites (tertiary alicyclic amines) is 1. The number of amides is 2. The van der Waals surface area contributed by atoms with Crippen molar-refractivity contribution in [3.63, 3.8) is 0 Å². The molecule has 3 fully saturated rings. The zero-order valence-corrected chi connectivity index (χ0v) is 16.3. The molecule has 0 aromatic carbocycles. The molecule has 3 saturated heterocycles. The van der Waals surface area contributed by atoms with Gasteiger partial charge in [0, 0.05) is 19.6 Å². The predicted octanol–water partition coefficient (Wildman–Crippen LogP) is 0.0715. The second-order valence-corrected chi connectivity index (χ2v) is 11.4. The van der Waals surface area contributed by atoms with Crippen LogP contribution in [0.25, 0.3) is 0 Å². The van der Waals surface area contributed by atoms with Gasteiger partial charge in [0.2, 0.25) is 11.8 Å². The van der Waals surface area contributed by atoms with Gasteiger partial charge in [0.15, 0.2) is 9.84 Å². The lowest BCUT2D eigenvalue weighted by atomic mass is 9.76. The minimum Gasteiger partial charge on any atom is -0.360 e. The number of carbonyl (C=O) groups is 2. The van der Waals surface area contributed by atoms with E-state index in [1.165, 1.54) is 0 Å². The van der Waals surface area contributed by atoms with Gasteiger partial charge in [0.05, 0.1) is 36.0 Å². The minimum atomic E-state index is -3.06. The monoisotopic (exact) mass is 382 g/mol. The van der Waals surface area contributed by atoms with Crippen LogP contribution in [0.15, 0.2) is 12.2 Å². The van der Waals surface area contributed by atoms with Crippen molar-refractivity contribution in [2.45, 2.75) is 32.5 Å². The third kappa shape index (κ3) is 2.78. The molecule has 0 unspecified atom stereocenters. The van der Waals surface area contributed by atoms with Crippen molar-refractivity contribution in [2.75, 3.05) is 37.7 Å². The van der Waals surface area contributed by atoms with Gasteiger partial charge in [-0.25, -0.2) is 8.42 Å². The van der Waals surface area contributed by atoms with E-state index in [0.717, 1.165) is 0 Å². The number of nitrogens with zero attached hydrogens (tertiary/aromatic N) is 2. The molecular formula is C18H26N2O5S. The molecule has 1 spiro atoms. The van der Waals surface area contributed by atoms with Crippen LogP contribution in [0, 0.1) is 17.3 Å². The van der Waals surface area contributed by atoms with Gasteiger partial charge in [-0.05, 0) is 5.41 Å². The maximum Gasteiger partial charge on any atom is 0.230 e. The van der Waals surface area contributed by atoms with E-state index >= 15 is 0 Å². The molecule has 2 amide bonds. The van der Waals surface area contributed by atoms with Gasteiger partial charge in [-0.2, -0.15) is 0 Å². The second kappa shape index (κ2) is 5.55. The minimum absolute atomic E-state index is 0.00721. The summed E-state index contributed by atoms with van der Waals surface area (Å²) < 4.78 is 29.4. The fourth-order valence-corrected chi connectivity index (χ4v) is 5.91. The highest BCUT2D eigenvalue weighted by atomic mass is 32.2. The highest BCUT2D eigenvalue weighted by molar-refractivity contribution is 7.91. The Labute approximate surface area is 154 Å². The molecule has 26 heavy (non-hydrogen) atoms. The molecule has 4 aliphatic heterocycles. The van der Waals surface area contributed by atoms with Crippen LogP contribution in [0.5, 0.6) is 0 Å². The first-order valence-corrected chi connectivity index (χ1v) is 11.0. The Balaban J connectivity index is 1.56. The summed E-state index contributed by atoms with van der Waals surface area (Å²) in [5.41, 5.74) is -0.734. The lowest BCUT2D eigenvalue weighted by Gasteiger charge is -2.32. The Morgan fingerprint density at radius 1 is 1.31 bits per heavy atom. The summed E-state index contributed by atoms with van der Waals surface area (Å²) in [6, 6.07) is 0. The molecule has 0 aliphatic carbocycles. The normalized spacial score (nSPS) is 38.1. The second-order valence-electron chi connectivity index (χ2n) is 9.13. The Bertz CT molecular complexity index is 770. The maximum absolute atomic E-state index is 13.1. The molecular weight excluding hydrogens is 356 g/mol. The first kappa shape index (κ1) is 18.0. The van der Waals surface area contributed by atoms with Crippen LogP contribution < -0.4 is 0 Å². The van der Waals surface area contributed by atoms with E-state index in [4.69, 9.17) is 4.74 Å². The summed E-state index contributed by atoms with van der Waals surface area (Å²) in [5, 5.41) is 0. The van der Waals surface area contributed by atoms with E-state index in [-0.39, 0.29) is 47.9 Å². The molecule has 4 atom stereocenters. The molecule has 7 nitrogen and oxygen atoms in total. The van der Waals surface area contributed by atoms with E-state index in [9.17, 15) is 18.0 Å². The van der Waals surface area contributed by atoms with E-state index in [1.807, 2.05) is 17.1 Å². The van der Waals surface area contributed by atoms with Crippen molar-refractivity contribution in [1.82, 2.24) is 9.80 Å². The van der Waals surface area contributed by atoms with Gasteiger partial charge in [-0.3, -0.25) is 9.59 Å². The molecule has 2 bridgehead atoms. The number of hydrogen-bond donors (Lipinski definition) is 0. The molecule has 0 N–H and O–H groups in total. The smallest absolute Gasteiger partial charge is 0.230 e. The predicted molar refractivity (Wildman–Crippen MR) is 95.0 cm³/mol. The fraction of sp³-hybridized carbons (Fsp3) is 0.778. The maximum atomic E-state index is 13.1. The van der Waals surface area contributed by atoms with Crippen LogP contribution in [-0.2, 0) is 24.2 Å². The lowest BCUT2D eigenvalue weighted by molar-refractivity contribution is -0.143. The SMILES string of the molecule is CC(C)(C)CN1C[C@]23C=C[C@H](O2)[C@@H](C(=O)N2CCS(=O)(=O)CC2)[C@H]3C1=O.